The number of anilines is 2. The summed E-state index contributed by atoms with van der Waals surface area (Å²) >= 11 is 0. The van der Waals surface area contributed by atoms with Crippen LogP contribution in [-0.4, -0.2) is 23.1 Å². The van der Waals surface area contributed by atoms with E-state index in [-0.39, 0.29) is 0 Å². The van der Waals surface area contributed by atoms with Crippen LogP contribution in [0.5, 0.6) is 0 Å². The lowest BCUT2D eigenvalue weighted by Crippen LogP contribution is -2.20. The number of hydrogen-bond donors (Lipinski definition) is 1. The Kier molecular flexibility index (Phi) is 3.81. The quantitative estimate of drug-likeness (QED) is 0.925. The van der Waals surface area contributed by atoms with Crippen LogP contribution in [0.15, 0.2) is 36.4 Å². The molecule has 4 nitrogen and oxygen atoms in total. The van der Waals surface area contributed by atoms with Crippen molar-refractivity contribution < 1.29 is 0 Å². The molecule has 2 heterocycles. The molecular formula is C16H20N4. The van der Waals surface area contributed by atoms with Gasteiger partial charge in [0.1, 0.15) is 5.82 Å². The molecule has 0 spiro atoms. The van der Waals surface area contributed by atoms with Gasteiger partial charge in [0.25, 0.3) is 0 Å². The lowest BCUT2D eigenvalue weighted by atomic mass is 10.1. The molecule has 1 aromatic heterocycles. The van der Waals surface area contributed by atoms with Crippen LogP contribution in [0.3, 0.4) is 0 Å². The molecule has 0 saturated carbocycles. The Balaban J connectivity index is 1.72. The Labute approximate surface area is 119 Å². The summed E-state index contributed by atoms with van der Waals surface area (Å²) < 4.78 is 0. The predicted molar refractivity (Wildman–Crippen MR) is 81.7 cm³/mol. The SMILES string of the molecule is Nc1nc(CCc2ccccc2)cc(N2CCCC2)n1. The van der Waals surface area contributed by atoms with E-state index in [1.165, 1.54) is 18.4 Å². The first-order chi connectivity index (χ1) is 9.81. The van der Waals surface area contributed by atoms with Crippen LogP contribution in [-0.2, 0) is 12.8 Å². The Morgan fingerprint density at radius 2 is 1.75 bits per heavy atom. The van der Waals surface area contributed by atoms with Gasteiger partial charge in [0.15, 0.2) is 0 Å². The highest BCUT2D eigenvalue weighted by atomic mass is 15.2. The third-order valence-electron chi connectivity index (χ3n) is 3.73. The van der Waals surface area contributed by atoms with Crippen molar-refractivity contribution in [3.63, 3.8) is 0 Å². The van der Waals surface area contributed by atoms with Crippen molar-refractivity contribution in [1.82, 2.24) is 9.97 Å². The highest BCUT2D eigenvalue weighted by Crippen LogP contribution is 2.20. The van der Waals surface area contributed by atoms with Crippen molar-refractivity contribution in [3.8, 4) is 0 Å². The Bertz CT molecular complexity index is 562. The number of rotatable bonds is 4. The lowest BCUT2D eigenvalue weighted by Gasteiger charge is -2.17. The number of hydrogen-bond acceptors (Lipinski definition) is 4. The molecule has 2 aromatic rings. The van der Waals surface area contributed by atoms with E-state index in [1.54, 1.807) is 0 Å². The van der Waals surface area contributed by atoms with Crippen LogP contribution in [0.1, 0.15) is 24.1 Å². The fraction of sp³-hybridized carbons (Fsp3) is 0.375. The zero-order chi connectivity index (χ0) is 13.8. The molecule has 0 atom stereocenters. The third-order valence-corrected chi connectivity index (χ3v) is 3.73. The van der Waals surface area contributed by atoms with Crippen molar-refractivity contribution in [2.75, 3.05) is 23.7 Å². The van der Waals surface area contributed by atoms with Crippen molar-refractivity contribution in [2.45, 2.75) is 25.7 Å². The van der Waals surface area contributed by atoms with Gasteiger partial charge in [-0.2, -0.15) is 4.98 Å². The maximum atomic E-state index is 5.85. The van der Waals surface area contributed by atoms with E-state index in [0.29, 0.717) is 5.95 Å². The summed E-state index contributed by atoms with van der Waals surface area (Å²) in [7, 11) is 0. The standard InChI is InChI=1S/C16H20N4/c17-16-18-14(9-8-13-6-2-1-3-7-13)12-15(19-16)20-10-4-5-11-20/h1-3,6-7,12H,4-5,8-11H2,(H2,17,18,19). The van der Waals surface area contributed by atoms with E-state index in [2.05, 4.69) is 45.2 Å². The summed E-state index contributed by atoms with van der Waals surface area (Å²) in [5.41, 5.74) is 8.20. The zero-order valence-electron chi connectivity index (χ0n) is 11.6. The molecule has 104 valence electrons. The number of nitrogens with zero attached hydrogens (tertiary/aromatic N) is 3. The van der Waals surface area contributed by atoms with Crippen LogP contribution in [0.2, 0.25) is 0 Å². The maximum Gasteiger partial charge on any atom is 0.222 e. The van der Waals surface area contributed by atoms with Crippen molar-refractivity contribution in [1.29, 1.82) is 0 Å². The van der Waals surface area contributed by atoms with Crippen LogP contribution >= 0.6 is 0 Å². The highest BCUT2D eigenvalue weighted by Gasteiger charge is 2.15. The van der Waals surface area contributed by atoms with Gasteiger partial charge < -0.3 is 10.6 Å². The fourth-order valence-corrected chi connectivity index (χ4v) is 2.66. The van der Waals surface area contributed by atoms with Gasteiger partial charge in [-0.25, -0.2) is 4.98 Å². The van der Waals surface area contributed by atoms with E-state index >= 15 is 0 Å². The number of aromatic nitrogens is 2. The van der Waals surface area contributed by atoms with Crippen LogP contribution in [0.4, 0.5) is 11.8 Å². The molecule has 2 N–H and O–H groups in total. The molecule has 0 unspecified atom stereocenters. The predicted octanol–water partition coefficient (Wildman–Crippen LogP) is 2.44. The minimum Gasteiger partial charge on any atom is -0.368 e. The Hall–Kier alpha value is -2.10. The molecule has 0 radical (unpaired) electrons. The molecular weight excluding hydrogens is 248 g/mol. The van der Waals surface area contributed by atoms with Crippen molar-refractivity contribution >= 4 is 11.8 Å². The smallest absolute Gasteiger partial charge is 0.222 e. The molecule has 0 aliphatic carbocycles. The van der Waals surface area contributed by atoms with Gasteiger partial charge in [-0.3, -0.25) is 0 Å². The number of benzene rings is 1. The molecule has 1 saturated heterocycles. The van der Waals surface area contributed by atoms with E-state index in [0.717, 1.165) is 37.4 Å². The molecule has 1 fully saturated rings. The molecule has 1 aliphatic rings. The monoisotopic (exact) mass is 268 g/mol. The number of nitrogen functional groups attached to an aromatic ring is 1. The van der Waals surface area contributed by atoms with Gasteiger partial charge in [-0.15, -0.1) is 0 Å². The third kappa shape index (κ3) is 3.07. The first-order valence-electron chi connectivity index (χ1n) is 7.23. The van der Waals surface area contributed by atoms with Gasteiger partial charge in [0, 0.05) is 24.8 Å². The Morgan fingerprint density at radius 3 is 2.50 bits per heavy atom. The molecule has 4 heteroatoms. The molecule has 0 bridgehead atoms. The van der Waals surface area contributed by atoms with Gasteiger partial charge in [0.2, 0.25) is 5.95 Å². The zero-order valence-corrected chi connectivity index (χ0v) is 11.6. The molecule has 0 amide bonds. The summed E-state index contributed by atoms with van der Waals surface area (Å²) in [5, 5.41) is 0. The first kappa shape index (κ1) is 12.9. The highest BCUT2D eigenvalue weighted by molar-refractivity contribution is 5.44. The Morgan fingerprint density at radius 1 is 1.00 bits per heavy atom. The maximum absolute atomic E-state index is 5.85. The van der Waals surface area contributed by atoms with E-state index in [9.17, 15) is 0 Å². The molecule has 20 heavy (non-hydrogen) atoms. The van der Waals surface area contributed by atoms with Gasteiger partial charge in [-0.1, -0.05) is 30.3 Å². The second-order valence-corrected chi connectivity index (χ2v) is 5.26. The lowest BCUT2D eigenvalue weighted by molar-refractivity contribution is 0.879. The van der Waals surface area contributed by atoms with Crippen LogP contribution in [0.25, 0.3) is 0 Å². The van der Waals surface area contributed by atoms with Crippen molar-refractivity contribution in [2.24, 2.45) is 0 Å². The average Bonchev–Trinajstić information content (AvgIpc) is 3.00. The average molecular weight is 268 g/mol. The second kappa shape index (κ2) is 5.90. The minimum atomic E-state index is 0.387. The topological polar surface area (TPSA) is 55.0 Å². The number of nitrogens with two attached hydrogens (primary N) is 1. The summed E-state index contributed by atoms with van der Waals surface area (Å²) in [6, 6.07) is 12.6. The number of aryl methyl sites for hydroxylation is 2. The van der Waals surface area contributed by atoms with E-state index in [4.69, 9.17) is 5.73 Å². The van der Waals surface area contributed by atoms with Gasteiger partial charge in [0.05, 0.1) is 0 Å². The molecule has 1 aromatic carbocycles. The van der Waals surface area contributed by atoms with Gasteiger partial charge in [-0.05, 0) is 31.2 Å². The minimum absolute atomic E-state index is 0.387. The molecule has 3 rings (SSSR count). The van der Waals surface area contributed by atoms with Gasteiger partial charge >= 0.3 is 0 Å². The first-order valence-corrected chi connectivity index (χ1v) is 7.23. The van der Waals surface area contributed by atoms with E-state index < -0.39 is 0 Å². The second-order valence-electron chi connectivity index (χ2n) is 5.26. The largest absolute Gasteiger partial charge is 0.368 e. The van der Waals surface area contributed by atoms with Crippen molar-refractivity contribution in [3.05, 3.63) is 47.7 Å². The van der Waals surface area contributed by atoms with Crippen LogP contribution in [0, 0.1) is 0 Å². The summed E-state index contributed by atoms with van der Waals surface area (Å²) in [6.45, 7) is 2.16. The summed E-state index contributed by atoms with van der Waals surface area (Å²) in [6.07, 6.45) is 4.36. The van der Waals surface area contributed by atoms with Crippen LogP contribution < -0.4 is 10.6 Å². The summed E-state index contributed by atoms with van der Waals surface area (Å²) in [5.74, 6) is 1.37. The normalized spacial score (nSPS) is 14.7. The fourth-order valence-electron chi connectivity index (χ4n) is 2.66. The van der Waals surface area contributed by atoms with E-state index in [1.807, 2.05) is 6.07 Å². The molecule has 1 aliphatic heterocycles. The summed E-state index contributed by atoms with van der Waals surface area (Å²) in [4.78, 5) is 11.0.